The zero-order chi connectivity index (χ0) is 10.1. The summed E-state index contributed by atoms with van der Waals surface area (Å²) < 4.78 is 1.18. The molecule has 0 spiro atoms. The van der Waals surface area contributed by atoms with Crippen LogP contribution in [0, 0.1) is 0 Å². The fourth-order valence-corrected chi connectivity index (χ4v) is 3.48. The number of aldehydes is 1. The van der Waals surface area contributed by atoms with Crippen molar-refractivity contribution in [1.82, 2.24) is 0 Å². The van der Waals surface area contributed by atoms with Gasteiger partial charge < -0.3 is 0 Å². The number of thioether (sulfide) groups is 1. The number of carbonyl (C=O) groups excluding carboxylic acids is 1. The Morgan fingerprint density at radius 2 is 2.21 bits per heavy atom. The van der Waals surface area contributed by atoms with Crippen LogP contribution < -0.4 is 0 Å². The Labute approximate surface area is 95.9 Å². The number of hydrogen-bond donors (Lipinski definition) is 1. The first-order valence-electron chi connectivity index (χ1n) is 4.00. The van der Waals surface area contributed by atoms with Gasteiger partial charge in [0.25, 0.3) is 0 Å². The second kappa shape index (κ2) is 3.96. The lowest BCUT2D eigenvalue weighted by Crippen LogP contribution is -1.71. The molecule has 2 rings (SSSR count). The predicted molar refractivity (Wildman–Crippen MR) is 66.2 cm³/mol. The molecule has 14 heavy (non-hydrogen) atoms. The van der Waals surface area contributed by atoms with Gasteiger partial charge in [-0.25, -0.2) is 0 Å². The molecule has 0 amide bonds. The average Bonchev–Trinajstić information content (AvgIpc) is 2.59. The van der Waals surface area contributed by atoms with E-state index in [4.69, 9.17) is 0 Å². The second-order valence-electron chi connectivity index (χ2n) is 2.83. The Morgan fingerprint density at radius 3 is 2.86 bits per heavy atom. The molecule has 0 aliphatic heterocycles. The normalized spacial score (nSPS) is 10.7. The summed E-state index contributed by atoms with van der Waals surface area (Å²) in [6, 6.07) is 5.93. The molecule has 0 atom stereocenters. The zero-order valence-corrected chi connectivity index (χ0v) is 10.0. The highest BCUT2D eigenvalue weighted by molar-refractivity contribution is 7.99. The summed E-state index contributed by atoms with van der Waals surface area (Å²) in [5, 5.41) is 1.11. The van der Waals surface area contributed by atoms with Gasteiger partial charge in [0.1, 0.15) is 0 Å². The van der Waals surface area contributed by atoms with Gasteiger partial charge in [0, 0.05) is 14.5 Å². The van der Waals surface area contributed by atoms with Crippen molar-refractivity contribution >= 4 is 52.1 Å². The summed E-state index contributed by atoms with van der Waals surface area (Å²) in [4.78, 5) is 13.5. The molecule has 2 aromatic rings. The number of thiol groups is 1. The Hall–Kier alpha value is -0.450. The molecule has 1 aromatic heterocycles. The van der Waals surface area contributed by atoms with Crippen LogP contribution in [0.15, 0.2) is 28.0 Å². The van der Waals surface area contributed by atoms with Crippen LogP contribution in [0.5, 0.6) is 0 Å². The molecule has 0 aliphatic rings. The summed E-state index contributed by atoms with van der Waals surface area (Å²) in [7, 11) is 0. The molecule has 0 bridgehead atoms. The third kappa shape index (κ3) is 1.69. The van der Waals surface area contributed by atoms with Crippen LogP contribution in [-0.2, 0) is 0 Å². The Morgan fingerprint density at radius 1 is 1.43 bits per heavy atom. The lowest BCUT2D eigenvalue weighted by Gasteiger charge is -1.99. The molecule has 0 fully saturated rings. The molecule has 4 heteroatoms. The number of carbonyl (C=O) groups is 1. The summed E-state index contributed by atoms with van der Waals surface area (Å²) in [6.45, 7) is 0. The molecule has 0 radical (unpaired) electrons. The van der Waals surface area contributed by atoms with Gasteiger partial charge in [-0.05, 0) is 29.8 Å². The van der Waals surface area contributed by atoms with Gasteiger partial charge in [0.15, 0.2) is 6.29 Å². The van der Waals surface area contributed by atoms with Crippen LogP contribution in [-0.4, -0.2) is 12.5 Å². The van der Waals surface area contributed by atoms with E-state index in [2.05, 4.69) is 12.6 Å². The maximum atomic E-state index is 10.6. The highest BCUT2D eigenvalue weighted by Gasteiger charge is 2.06. The molecule has 1 heterocycles. The third-order valence-electron chi connectivity index (χ3n) is 1.92. The second-order valence-corrected chi connectivity index (χ2v) is 5.28. The molecule has 0 aliphatic carbocycles. The van der Waals surface area contributed by atoms with E-state index in [-0.39, 0.29) is 0 Å². The average molecular weight is 240 g/mol. The molecule has 0 unspecified atom stereocenters. The van der Waals surface area contributed by atoms with Crippen molar-refractivity contribution in [3.8, 4) is 0 Å². The van der Waals surface area contributed by atoms with Crippen LogP contribution in [0.25, 0.3) is 10.1 Å². The number of thiophene rings is 1. The molecule has 72 valence electrons. The van der Waals surface area contributed by atoms with Gasteiger partial charge in [-0.1, -0.05) is 0 Å². The number of fused-ring (bicyclic) bond motifs is 1. The molecular formula is C10H8OS3. The van der Waals surface area contributed by atoms with E-state index >= 15 is 0 Å². The SMILES string of the molecule is CSc1cc(S)cc2cc(C=O)sc12. The van der Waals surface area contributed by atoms with Crippen LogP contribution >= 0.6 is 35.7 Å². The molecule has 0 N–H and O–H groups in total. The number of benzene rings is 1. The third-order valence-corrected chi connectivity index (χ3v) is 4.18. The maximum Gasteiger partial charge on any atom is 0.160 e. The highest BCUT2D eigenvalue weighted by atomic mass is 32.2. The minimum absolute atomic E-state index is 0.772. The minimum atomic E-state index is 0.772. The van der Waals surface area contributed by atoms with Crippen molar-refractivity contribution in [3.63, 3.8) is 0 Å². The largest absolute Gasteiger partial charge is 0.297 e. The van der Waals surface area contributed by atoms with E-state index in [0.29, 0.717) is 0 Å². The Kier molecular flexibility index (Phi) is 2.85. The predicted octanol–water partition coefficient (Wildman–Crippen LogP) is 3.72. The molecular weight excluding hydrogens is 232 g/mol. The van der Waals surface area contributed by atoms with Crippen molar-refractivity contribution in [2.24, 2.45) is 0 Å². The maximum absolute atomic E-state index is 10.6. The summed E-state index contributed by atoms with van der Waals surface area (Å²) in [6.07, 6.45) is 2.93. The standard InChI is InChI=1S/C10H8OS3/c1-13-9-4-7(12)2-6-3-8(5-11)14-10(6)9/h2-5,12H,1H3. The van der Waals surface area contributed by atoms with Gasteiger partial charge in [0.2, 0.25) is 0 Å². The summed E-state index contributed by atoms with van der Waals surface area (Å²) in [5.74, 6) is 0. The monoisotopic (exact) mass is 240 g/mol. The Bertz CT molecular complexity index is 487. The van der Waals surface area contributed by atoms with E-state index in [1.165, 1.54) is 20.9 Å². The smallest absolute Gasteiger partial charge is 0.160 e. The van der Waals surface area contributed by atoms with Gasteiger partial charge in [-0.15, -0.1) is 35.7 Å². The van der Waals surface area contributed by atoms with E-state index in [1.54, 1.807) is 11.8 Å². The highest BCUT2D eigenvalue weighted by Crippen LogP contribution is 2.35. The lowest BCUT2D eigenvalue weighted by molar-refractivity contribution is 0.112. The van der Waals surface area contributed by atoms with Crippen LogP contribution in [0.3, 0.4) is 0 Å². The topological polar surface area (TPSA) is 17.1 Å². The number of rotatable bonds is 2. The zero-order valence-electron chi connectivity index (χ0n) is 7.48. The molecule has 1 aromatic carbocycles. The van der Waals surface area contributed by atoms with Gasteiger partial charge in [-0.2, -0.15) is 0 Å². The van der Waals surface area contributed by atoms with Crippen molar-refractivity contribution in [1.29, 1.82) is 0 Å². The quantitative estimate of drug-likeness (QED) is 0.489. The van der Waals surface area contributed by atoms with E-state index in [9.17, 15) is 4.79 Å². The first-order chi connectivity index (χ1) is 6.74. The van der Waals surface area contributed by atoms with Gasteiger partial charge in [0.05, 0.1) is 4.88 Å². The van der Waals surface area contributed by atoms with E-state index in [0.717, 1.165) is 21.4 Å². The fourth-order valence-electron chi connectivity index (χ4n) is 1.34. The van der Waals surface area contributed by atoms with Crippen molar-refractivity contribution < 1.29 is 4.79 Å². The molecule has 0 saturated heterocycles. The van der Waals surface area contributed by atoms with E-state index < -0.39 is 0 Å². The van der Waals surface area contributed by atoms with Gasteiger partial charge >= 0.3 is 0 Å². The fraction of sp³-hybridized carbons (Fsp3) is 0.100. The first-order valence-corrected chi connectivity index (χ1v) is 6.49. The van der Waals surface area contributed by atoms with Crippen LogP contribution in [0.1, 0.15) is 9.67 Å². The van der Waals surface area contributed by atoms with Gasteiger partial charge in [-0.3, -0.25) is 4.79 Å². The van der Waals surface area contributed by atoms with Crippen molar-refractivity contribution in [3.05, 3.63) is 23.1 Å². The van der Waals surface area contributed by atoms with Crippen molar-refractivity contribution in [2.75, 3.05) is 6.26 Å². The molecule has 0 saturated carbocycles. The number of hydrogen-bond acceptors (Lipinski definition) is 4. The molecule has 1 nitrogen and oxygen atoms in total. The Balaban J connectivity index is 2.77. The van der Waals surface area contributed by atoms with Crippen LogP contribution in [0.4, 0.5) is 0 Å². The lowest BCUT2D eigenvalue weighted by atomic mass is 10.2. The van der Waals surface area contributed by atoms with Crippen molar-refractivity contribution in [2.45, 2.75) is 9.79 Å². The summed E-state index contributed by atoms with van der Waals surface area (Å²) in [5.41, 5.74) is 0. The van der Waals surface area contributed by atoms with Crippen LogP contribution in [0.2, 0.25) is 0 Å². The minimum Gasteiger partial charge on any atom is -0.297 e. The summed E-state index contributed by atoms with van der Waals surface area (Å²) >= 11 is 7.54. The van der Waals surface area contributed by atoms with E-state index in [1.807, 2.05) is 24.5 Å². The first kappa shape index (κ1) is 10.1.